The van der Waals surface area contributed by atoms with Crippen LogP contribution in [0.25, 0.3) is 0 Å². The molecule has 0 rings (SSSR count). The lowest BCUT2D eigenvalue weighted by atomic mass is 10.3. The average molecular weight is 179 g/mol. The number of sulfone groups is 1. The molecule has 0 aromatic heterocycles. The molecule has 0 aliphatic heterocycles. The van der Waals surface area contributed by atoms with Crippen molar-refractivity contribution in [3.05, 3.63) is 0 Å². The highest BCUT2D eigenvalue weighted by atomic mass is 32.2. The molecule has 1 atom stereocenters. The fourth-order valence-corrected chi connectivity index (χ4v) is 2.37. The van der Waals surface area contributed by atoms with Crippen molar-refractivity contribution in [2.45, 2.75) is 31.9 Å². The summed E-state index contributed by atoms with van der Waals surface area (Å²) in [7, 11) is -2.85. The van der Waals surface area contributed by atoms with Gasteiger partial charge in [-0.05, 0) is 26.3 Å². The van der Waals surface area contributed by atoms with E-state index in [4.69, 9.17) is 5.73 Å². The normalized spacial score (nSPS) is 14.8. The summed E-state index contributed by atoms with van der Waals surface area (Å²) in [6, 6.07) is 0. The molecule has 68 valence electrons. The fourth-order valence-electron chi connectivity index (χ4n) is 0.900. The summed E-state index contributed by atoms with van der Waals surface area (Å²) in [6.07, 6.45) is 1.26. The van der Waals surface area contributed by atoms with Crippen LogP contribution in [0.4, 0.5) is 0 Å². The van der Waals surface area contributed by atoms with Gasteiger partial charge in [0.25, 0.3) is 0 Å². The topological polar surface area (TPSA) is 60.2 Å². The van der Waals surface area contributed by atoms with Gasteiger partial charge < -0.3 is 5.73 Å². The summed E-state index contributed by atoms with van der Waals surface area (Å²) in [4.78, 5) is 0. The maximum atomic E-state index is 11.3. The summed E-state index contributed by atoms with van der Waals surface area (Å²) in [5.74, 6) is 0.286. The van der Waals surface area contributed by atoms with E-state index < -0.39 is 9.84 Å². The molecule has 3 nitrogen and oxygen atoms in total. The Hall–Kier alpha value is -0.0900. The van der Waals surface area contributed by atoms with Crippen molar-refractivity contribution >= 4 is 9.84 Å². The van der Waals surface area contributed by atoms with Crippen LogP contribution in [-0.4, -0.2) is 26.0 Å². The van der Waals surface area contributed by atoms with Gasteiger partial charge in [-0.2, -0.15) is 0 Å². The van der Waals surface area contributed by atoms with Gasteiger partial charge in [-0.15, -0.1) is 0 Å². The predicted octanol–water partition coefficient (Wildman–Crippen LogP) is 0.549. The van der Waals surface area contributed by atoms with Crippen LogP contribution < -0.4 is 5.73 Å². The standard InChI is InChI=1S/C7H17NO2S/c1-3-6-11(9,10)7(2)4-5-8/h7H,3-6,8H2,1-2H3. The molecule has 4 heteroatoms. The van der Waals surface area contributed by atoms with Crippen molar-refractivity contribution in [3.63, 3.8) is 0 Å². The summed E-state index contributed by atoms with van der Waals surface area (Å²) < 4.78 is 22.5. The molecule has 0 radical (unpaired) electrons. The SMILES string of the molecule is CCCS(=O)(=O)C(C)CCN. The minimum Gasteiger partial charge on any atom is -0.330 e. The van der Waals surface area contributed by atoms with Gasteiger partial charge in [0.05, 0.1) is 11.0 Å². The second-order valence-corrected chi connectivity index (χ2v) is 5.29. The van der Waals surface area contributed by atoms with E-state index in [1.54, 1.807) is 6.92 Å². The van der Waals surface area contributed by atoms with Gasteiger partial charge in [-0.25, -0.2) is 8.42 Å². The number of nitrogens with two attached hydrogens (primary N) is 1. The molecule has 0 heterocycles. The highest BCUT2D eigenvalue weighted by Crippen LogP contribution is 2.06. The Bertz CT molecular complexity index is 187. The zero-order valence-corrected chi connectivity index (χ0v) is 8.02. The Balaban J connectivity index is 4.07. The van der Waals surface area contributed by atoms with Gasteiger partial charge in [-0.1, -0.05) is 6.92 Å². The Morgan fingerprint density at radius 2 is 2.00 bits per heavy atom. The average Bonchev–Trinajstić information content (AvgIpc) is 1.88. The van der Waals surface area contributed by atoms with Crippen LogP contribution in [0.5, 0.6) is 0 Å². The molecule has 0 fully saturated rings. The van der Waals surface area contributed by atoms with E-state index >= 15 is 0 Å². The monoisotopic (exact) mass is 179 g/mol. The molecule has 0 aliphatic carbocycles. The lowest BCUT2D eigenvalue weighted by molar-refractivity contribution is 0.577. The van der Waals surface area contributed by atoms with E-state index in [1.165, 1.54) is 0 Å². The third-order valence-corrected chi connectivity index (χ3v) is 4.11. The Morgan fingerprint density at radius 3 is 2.36 bits per heavy atom. The van der Waals surface area contributed by atoms with Crippen molar-refractivity contribution in [1.29, 1.82) is 0 Å². The minimum absolute atomic E-state index is 0.271. The van der Waals surface area contributed by atoms with Crippen molar-refractivity contribution in [1.82, 2.24) is 0 Å². The van der Waals surface area contributed by atoms with Gasteiger partial charge >= 0.3 is 0 Å². The van der Waals surface area contributed by atoms with Gasteiger partial charge in [0.15, 0.2) is 9.84 Å². The fraction of sp³-hybridized carbons (Fsp3) is 1.00. The summed E-state index contributed by atoms with van der Waals surface area (Å²) in [5, 5.41) is -0.271. The van der Waals surface area contributed by atoms with E-state index in [2.05, 4.69) is 0 Å². The Morgan fingerprint density at radius 1 is 1.45 bits per heavy atom. The first-order valence-corrected chi connectivity index (χ1v) is 5.67. The minimum atomic E-state index is -2.85. The van der Waals surface area contributed by atoms with Crippen molar-refractivity contribution < 1.29 is 8.42 Å². The molecule has 0 amide bonds. The largest absolute Gasteiger partial charge is 0.330 e. The second kappa shape index (κ2) is 4.72. The molecule has 0 aromatic rings. The molecule has 0 saturated heterocycles. The highest BCUT2D eigenvalue weighted by Gasteiger charge is 2.17. The molecule has 1 unspecified atom stereocenters. The number of hydrogen-bond donors (Lipinski definition) is 1. The predicted molar refractivity (Wildman–Crippen MR) is 47.2 cm³/mol. The van der Waals surface area contributed by atoms with Gasteiger partial charge in [0.1, 0.15) is 0 Å². The molecule has 0 spiro atoms. The van der Waals surface area contributed by atoms with E-state index in [0.717, 1.165) is 0 Å². The van der Waals surface area contributed by atoms with E-state index in [9.17, 15) is 8.42 Å². The number of hydrogen-bond acceptors (Lipinski definition) is 3. The van der Waals surface area contributed by atoms with Crippen LogP contribution in [-0.2, 0) is 9.84 Å². The first-order valence-electron chi connectivity index (χ1n) is 3.96. The van der Waals surface area contributed by atoms with E-state index in [-0.39, 0.29) is 11.0 Å². The number of rotatable bonds is 5. The van der Waals surface area contributed by atoms with E-state index in [0.29, 0.717) is 19.4 Å². The Labute approximate surface area is 68.9 Å². The third kappa shape index (κ3) is 3.72. The van der Waals surface area contributed by atoms with Crippen LogP contribution in [0.1, 0.15) is 26.7 Å². The summed E-state index contributed by atoms with van der Waals surface area (Å²) in [6.45, 7) is 4.04. The van der Waals surface area contributed by atoms with Crippen molar-refractivity contribution in [2.75, 3.05) is 12.3 Å². The molecular formula is C7H17NO2S. The first-order chi connectivity index (χ1) is 5.04. The second-order valence-electron chi connectivity index (χ2n) is 2.75. The van der Waals surface area contributed by atoms with Crippen LogP contribution in [0, 0.1) is 0 Å². The van der Waals surface area contributed by atoms with Crippen LogP contribution in [0.2, 0.25) is 0 Å². The maximum absolute atomic E-state index is 11.3. The zero-order chi connectivity index (χ0) is 8.91. The quantitative estimate of drug-likeness (QED) is 0.670. The Kier molecular flexibility index (Phi) is 4.68. The lowest BCUT2D eigenvalue weighted by Crippen LogP contribution is -2.23. The third-order valence-electron chi connectivity index (χ3n) is 1.67. The van der Waals surface area contributed by atoms with Gasteiger partial charge in [0, 0.05) is 0 Å². The van der Waals surface area contributed by atoms with Crippen molar-refractivity contribution in [3.8, 4) is 0 Å². The van der Waals surface area contributed by atoms with Crippen LogP contribution in [0.15, 0.2) is 0 Å². The lowest BCUT2D eigenvalue weighted by Gasteiger charge is -2.09. The van der Waals surface area contributed by atoms with Crippen molar-refractivity contribution in [2.24, 2.45) is 5.73 Å². The molecule has 0 saturated carbocycles. The smallest absolute Gasteiger partial charge is 0.152 e. The molecule has 0 aromatic carbocycles. The van der Waals surface area contributed by atoms with Crippen LogP contribution in [0.3, 0.4) is 0 Å². The summed E-state index contributed by atoms with van der Waals surface area (Å²) >= 11 is 0. The maximum Gasteiger partial charge on any atom is 0.152 e. The molecule has 2 N–H and O–H groups in total. The molecular weight excluding hydrogens is 162 g/mol. The first kappa shape index (κ1) is 10.9. The van der Waals surface area contributed by atoms with Crippen LogP contribution >= 0.6 is 0 Å². The zero-order valence-electron chi connectivity index (χ0n) is 7.21. The molecule has 11 heavy (non-hydrogen) atoms. The molecule has 0 bridgehead atoms. The van der Waals surface area contributed by atoms with Gasteiger partial charge in [0.2, 0.25) is 0 Å². The molecule has 0 aliphatic rings. The summed E-state index contributed by atoms with van der Waals surface area (Å²) in [5.41, 5.74) is 5.26. The van der Waals surface area contributed by atoms with Gasteiger partial charge in [-0.3, -0.25) is 0 Å². The highest BCUT2D eigenvalue weighted by molar-refractivity contribution is 7.91. The van der Waals surface area contributed by atoms with E-state index in [1.807, 2.05) is 6.92 Å².